The first-order valence-electron chi connectivity index (χ1n) is 8.93. The molecule has 1 heterocycles. The summed E-state index contributed by atoms with van der Waals surface area (Å²) >= 11 is 1.51. The van der Waals surface area contributed by atoms with Gasteiger partial charge in [-0.2, -0.15) is 0 Å². The second-order valence-corrected chi connectivity index (χ2v) is 7.11. The number of amides is 1. The van der Waals surface area contributed by atoms with Crippen LogP contribution in [0.2, 0.25) is 0 Å². The maximum absolute atomic E-state index is 11.8. The fourth-order valence-electron chi connectivity index (χ4n) is 2.42. The molecule has 0 unspecified atom stereocenters. The SMILES string of the molecule is CCN(C)C(=O)COc1ccc(CSc2nnc(-c3ccccc3)n2N)cc1. The molecule has 0 bridgehead atoms. The average Bonchev–Trinajstić information content (AvgIpc) is 3.11. The zero-order chi connectivity index (χ0) is 19.9. The summed E-state index contributed by atoms with van der Waals surface area (Å²) < 4.78 is 7.04. The Balaban J connectivity index is 1.56. The smallest absolute Gasteiger partial charge is 0.260 e. The second-order valence-electron chi connectivity index (χ2n) is 6.17. The van der Waals surface area contributed by atoms with Gasteiger partial charge in [0.15, 0.2) is 12.4 Å². The third kappa shape index (κ3) is 4.83. The minimum absolute atomic E-state index is 0.0387. The molecule has 3 rings (SSSR count). The molecular formula is C20H23N5O2S. The minimum Gasteiger partial charge on any atom is -0.484 e. The summed E-state index contributed by atoms with van der Waals surface area (Å²) in [7, 11) is 1.76. The Morgan fingerprint density at radius 1 is 1.14 bits per heavy atom. The van der Waals surface area contributed by atoms with E-state index in [9.17, 15) is 4.79 Å². The van der Waals surface area contributed by atoms with Crippen molar-refractivity contribution < 1.29 is 9.53 Å². The predicted octanol–water partition coefficient (Wildman–Crippen LogP) is 2.81. The van der Waals surface area contributed by atoms with Crippen molar-refractivity contribution in [2.24, 2.45) is 0 Å². The van der Waals surface area contributed by atoms with Gasteiger partial charge >= 0.3 is 0 Å². The van der Waals surface area contributed by atoms with Gasteiger partial charge in [0.2, 0.25) is 5.16 Å². The highest BCUT2D eigenvalue weighted by molar-refractivity contribution is 7.98. The number of nitrogens with zero attached hydrogens (tertiary/aromatic N) is 4. The van der Waals surface area contributed by atoms with Crippen molar-refractivity contribution >= 4 is 17.7 Å². The van der Waals surface area contributed by atoms with E-state index in [0.29, 0.717) is 29.0 Å². The van der Waals surface area contributed by atoms with E-state index in [0.717, 1.165) is 11.1 Å². The van der Waals surface area contributed by atoms with Gasteiger partial charge in [-0.15, -0.1) is 10.2 Å². The Bertz CT molecular complexity index is 912. The van der Waals surface area contributed by atoms with Gasteiger partial charge in [0, 0.05) is 24.9 Å². The third-order valence-corrected chi connectivity index (χ3v) is 5.26. The van der Waals surface area contributed by atoms with Crippen LogP contribution >= 0.6 is 11.8 Å². The number of hydrogen-bond donors (Lipinski definition) is 1. The number of benzene rings is 2. The van der Waals surface area contributed by atoms with E-state index >= 15 is 0 Å². The lowest BCUT2D eigenvalue weighted by molar-refractivity contribution is -0.131. The van der Waals surface area contributed by atoms with Gasteiger partial charge in [0.1, 0.15) is 5.75 Å². The molecule has 146 valence electrons. The van der Waals surface area contributed by atoms with Crippen LogP contribution in [0, 0.1) is 0 Å². The van der Waals surface area contributed by atoms with E-state index in [2.05, 4.69) is 10.2 Å². The molecular weight excluding hydrogens is 374 g/mol. The highest BCUT2D eigenvalue weighted by Crippen LogP contribution is 2.25. The number of ether oxygens (including phenoxy) is 1. The average molecular weight is 398 g/mol. The number of nitrogens with two attached hydrogens (primary N) is 1. The Morgan fingerprint density at radius 3 is 2.54 bits per heavy atom. The molecule has 7 nitrogen and oxygen atoms in total. The zero-order valence-electron chi connectivity index (χ0n) is 15.9. The van der Waals surface area contributed by atoms with E-state index in [1.807, 2.05) is 61.5 Å². The number of carbonyl (C=O) groups excluding carboxylic acids is 1. The van der Waals surface area contributed by atoms with Crippen molar-refractivity contribution in [3.63, 3.8) is 0 Å². The number of likely N-dealkylation sites (N-methyl/N-ethyl adjacent to an activating group) is 1. The molecule has 3 aromatic rings. The van der Waals surface area contributed by atoms with Crippen LogP contribution in [-0.2, 0) is 10.5 Å². The van der Waals surface area contributed by atoms with Crippen LogP contribution in [0.25, 0.3) is 11.4 Å². The van der Waals surface area contributed by atoms with Crippen LogP contribution in [0.4, 0.5) is 0 Å². The lowest BCUT2D eigenvalue weighted by Gasteiger charge is -2.14. The maximum atomic E-state index is 11.8. The fraction of sp³-hybridized carbons (Fsp3) is 0.250. The van der Waals surface area contributed by atoms with Gasteiger partial charge in [-0.05, 0) is 24.6 Å². The second kappa shape index (κ2) is 9.27. The summed E-state index contributed by atoms with van der Waals surface area (Å²) in [5, 5.41) is 9.01. The van der Waals surface area contributed by atoms with Crippen LogP contribution in [0.3, 0.4) is 0 Å². The molecule has 0 aliphatic heterocycles. The Kier molecular flexibility index (Phi) is 6.54. The van der Waals surface area contributed by atoms with Crippen LogP contribution < -0.4 is 10.6 Å². The van der Waals surface area contributed by atoms with Gasteiger partial charge < -0.3 is 15.5 Å². The summed E-state index contributed by atoms with van der Waals surface area (Å²) in [6, 6.07) is 17.4. The number of thioether (sulfide) groups is 1. The van der Waals surface area contributed by atoms with Crippen LogP contribution in [0.15, 0.2) is 59.8 Å². The molecule has 28 heavy (non-hydrogen) atoms. The van der Waals surface area contributed by atoms with Crippen molar-refractivity contribution in [3.8, 4) is 17.1 Å². The highest BCUT2D eigenvalue weighted by atomic mass is 32.2. The lowest BCUT2D eigenvalue weighted by Crippen LogP contribution is -2.31. The van der Waals surface area contributed by atoms with Gasteiger partial charge in [-0.3, -0.25) is 4.79 Å². The Morgan fingerprint density at radius 2 is 1.86 bits per heavy atom. The molecule has 0 aliphatic carbocycles. The molecule has 2 N–H and O–H groups in total. The number of aromatic nitrogens is 3. The molecule has 0 spiro atoms. The maximum Gasteiger partial charge on any atom is 0.260 e. The highest BCUT2D eigenvalue weighted by Gasteiger charge is 2.12. The van der Waals surface area contributed by atoms with E-state index in [-0.39, 0.29) is 12.5 Å². The fourth-order valence-corrected chi connectivity index (χ4v) is 3.23. The normalized spacial score (nSPS) is 10.6. The number of hydrogen-bond acceptors (Lipinski definition) is 6. The number of rotatable bonds is 8. The zero-order valence-corrected chi connectivity index (χ0v) is 16.7. The molecule has 0 atom stereocenters. The van der Waals surface area contributed by atoms with Crippen molar-refractivity contribution in [2.75, 3.05) is 26.0 Å². The van der Waals surface area contributed by atoms with Gasteiger partial charge in [-0.25, -0.2) is 4.68 Å². The molecule has 0 radical (unpaired) electrons. The van der Waals surface area contributed by atoms with Crippen molar-refractivity contribution in [2.45, 2.75) is 17.8 Å². The Labute approximate surface area is 168 Å². The quantitative estimate of drug-likeness (QED) is 0.465. The molecule has 1 amide bonds. The van der Waals surface area contributed by atoms with Crippen LogP contribution in [-0.4, -0.2) is 45.9 Å². The molecule has 2 aromatic carbocycles. The largest absolute Gasteiger partial charge is 0.484 e. The summed E-state index contributed by atoms with van der Waals surface area (Å²) in [4.78, 5) is 13.4. The minimum atomic E-state index is -0.0429. The molecule has 0 saturated heterocycles. The first-order valence-corrected chi connectivity index (χ1v) is 9.91. The van der Waals surface area contributed by atoms with E-state index in [1.54, 1.807) is 11.9 Å². The van der Waals surface area contributed by atoms with E-state index in [1.165, 1.54) is 16.4 Å². The van der Waals surface area contributed by atoms with Crippen molar-refractivity contribution in [3.05, 3.63) is 60.2 Å². The monoisotopic (exact) mass is 397 g/mol. The summed E-state index contributed by atoms with van der Waals surface area (Å²) in [6.45, 7) is 2.63. The Hall–Kier alpha value is -3.00. The van der Waals surface area contributed by atoms with Crippen LogP contribution in [0.5, 0.6) is 5.75 Å². The predicted molar refractivity (Wildman–Crippen MR) is 110 cm³/mol. The van der Waals surface area contributed by atoms with E-state index in [4.69, 9.17) is 10.6 Å². The molecule has 1 aromatic heterocycles. The summed E-state index contributed by atoms with van der Waals surface area (Å²) in [6.07, 6.45) is 0. The first-order chi connectivity index (χ1) is 13.6. The number of carbonyl (C=O) groups is 1. The summed E-state index contributed by atoms with van der Waals surface area (Å²) in [5.74, 6) is 8.10. The lowest BCUT2D eigenvalue weighted by atomic mass is 10.2. The number of nitrogen functional groups attached to an aromatic ring is 1. The van der Waals surface area contributed by atoms with Gasteiger partial charge in [-0.1, -0.05) is 54.2 Å². The third-order valence-electron chi connectivity index (χ3n) is 4.25. The first kappa shape index (κ1) is 19.8. The summed E-state index contributed by atoms with van der Waals surface area (Å²) in [5.41, 5.74) is 2.02. The van der Waals surface area contributed by atoms with Crippen molar-refractivity contribution in [1.29, 1.82) is 0 Å². The van der Waals surface area contributed by atoms with Crippen LogP contribution in [0.1, 0.15) is 12.5 Å². The molecule has 0 aliphatic rings. The topological polar surface area (TPSA) is 86.3 Å². The molecule has 8 heteroatoms. The van der Waals surface area contributed by atoms with Gasteiger partial charge in [0.05, 0.1) is 0 Å². The van der Waals surface area contributed by atoms with E-state index < -0.39 is 0 Å². The standard InChI is InChI=1S/C20H23N5O2S/c1-3-24(2)18(26)13-27-17-11-9-15(10-12-17)14-28-20-23-22-19(25(20)21)16-7-5-4-6-8-16/h4-12H,3,13-14,21H2,1-2H3. The van der Waals surface area contributed by atoms with Crippen molar-refractivity contribution in [1.82, 2.24) is 19.8 Å². The molecule has 0 saturated carbocycles. The van der Waals surface area contributed by atoms with Gasteiger partial charge in [0.25, 0.3) is 5.91 Å². The molecule has 0 fully saturated rings.